The zero-order valence-corrected chi connectivity index (χ0v) is 51.8. The van der Waals surface area contributed by atoms with Crippen molar-refractivity contribution < 1.29 is 37.3 Å². The summed E-state index contributed by atoms with van der Waals surface area (Å²) < 4.78 is 30.3. The molecule has 0 aromatic heterocycles. The largest absolute Gasteiger partial charge is 0.756 e. The molecule has 0 bridgehead atoms. The Morgan fingerprint density at radius 3 is 1.21 bits per heavy atom. The van der Waals surface area contributed by atoms with Gasteiger partial charge in [-0.3, -0.25) is 14.2 Å². The van der Waals surface area contributed by atoms with Gasteiger partial charge in [0.25, 0.3) is 7.82 Å². The van der Waals surface area contributed by atoms with Crippen LogP contribution in [0.2, 0.25) is 0 Å². The van der Waals surface area contributed by atoms with Gasteiger partial charge in [0.05, 0.1) is 33.8 Å². The Balaban J connectivity index is 5.24. The molecular formula is C67H121N2O7P. The van der Waals surface area contributed by atoms with Gasteiger partial charge in [-0.1, -0.05) is 241 Å². The van der Waals surface area contributed by atoms with Crippen LogP contribution in [0.25, 0.3) is 0 Å². The van der Waals surface area contributed by atoms with Crippen LogP contribution in [0.3, 0.4) is 0 Å². The SMILES string of the molecule is CCCCC/C=C\C/C=C\C/C=C\C/C=C\CCCCCCCC(=O)OC(/C=C/CCCCCCCCCCC)C(COP(=O)([O-])OCC[N+](C)(C)C)NC(=O)CCCCCCCCCCC/C=C\C/C=C\CCCCC. The fourth-order valence-corrected chi connectivity index (χ4v) is 9.55. The van der Waals surface area contributed by atoms with Crippen LogP contribution in [-0.2, 0) is 27.9 Å². The third kappa shape index (κ3) is 57.7. The molecule has 0 aromatic carbocycles. The number of hydrogen-bond donors (Lipinski definition) is 1. The van der Waals surface area contributed by atoms with E-state index >= 15 is 0 Å². The van der Waals surface area contributed by atoms with Gasteiger partial charge in [0.15, 0.2) is 0 Å². The lowest BCUT2D eigenvalue weighted by molar-refractivity contribution is -0.870. The van der Waals surface area contributed by atoms with Gasteiger partial charge in [-0.25, -0.2) is 0 Å². The topological polar surface area (TPSA) is 114 Å². The standard InChI is InChI=1S/C67H121N2O7P/c1-7-10-13-16-19-22-25-27-29-31-33-34-36-38-40-42-45-48-51-54-57-60-67(71)76-65(58-55-52-49-46-43-24-21-18-15-12-9-3)64(63-75-77(72,73)74-62-61-69(4,5)6)68-66(70)59-56-53-50-47-44-41-39-37-35-32-30-28-26-23-20-17-14-11-8-2/h19-20,22-23,27-30,33-34,38,40,55,58,64-65H,7-18,21,24-26,31-32,35-37,39,41-54,56-57,59-63H2,1-6H3,(H-,68,70,72,73)/b22-19-,23-20-,29-27-,30-28-,34-33-,40-38-,58-55+. The highest BCUT2D eigenvalue weighted by Crippen LogP contribution is 2.38. The van der Waals surface area contributed by atoms with Crippen LogP contribution in [-0.4, -0.2) is 69.4 Å². The van der Waals surface area contributed by atoms with Gasteiger partial charge in [0.1, 0.15) is 19.3 Å². The Bertz CT molecular complexity index is 1590. The van der Waals surface area contributed by atoms with E-state index < -0.39 is 26.6 Å². The van der Waals surface area contributed by atoms with Gasteiger partial charge in [0, 0.05) is 12.8 Å². The molecule has 0 aromatic rings. The van der Waals surface area contributed by atoms with E-state index in [2.05, 4.69) is 99.0 Å². The van der Waals surface area contributed by atoms with Gasteiger partial charge in [-0.05, 0) is 109 Å². The molecule has 0 rings (SSSR count). The van der Waals surface area contributed by atoms with E-state index in [9.17, 15) is 19.0 Å². The number of quaternary nitrogens is 1. The Kier molecular flexibility index (Phi) is 54.4. The number of phosphoric acid groups is 1. The maximum Gasteiger partial charge on any atom is 0.306 e. The number of carbonyl (C=O) groups excluding carboxylic acids is 2. The first kappa shape index (κ1) is 74.2. The van der Waals surface area contributed by atoms with Crippen LogP contribution in [0.4, 0.5) is 0 Å². The van der Waals surface area contributed by atoms with Crippen molar-refractivity contribution in [3.05, 3.63) is 85.1 Å². The van der Waals surface area contributed by atoms with Crippen molar-refractivity contribution in [2.45, 2.75) is 290 Å². The first-order valence-corrected chi connectivity index (χ1v) is 33.4. The number of unbranched alkanes of at least 4 members (excludes halogenated alkanes) is 29. The van der Waals surface area contributed by atoms with E-state index in [1.165, 1.54) is 128 Å². The Hall–Kier alpha value is -2.81. The van der Waals surface area contributed by atoms with Gasteiger partial charge < -0.3 is 28.5 Å². The number of carbonyl (C=O) groups is 2. The Morgan fingerprint density at radius 2 is 0.792 bits per heavy atom. The van der Waals surface area contributed by atoms with Crippen molar-refractivity contribution in [3.63, 3.8) is 0 Å². The number of amides is 1. The van der Waals surface area contributed by atoms with Crippen molar-refractivity contribution in [3.8, 4) is 0 Å². The Labute approximate surface area is 476 Å². The van der Waals surface area contributed by atoms with E-state index in [4.69, 9.17) is 13.8 Å². The first-order chi connectivity index (χ1) is 37.4. The maximum absolute atomic E-state index is 13.5. The van der Waals surface area contributed by atoms with Crippen molar-refractivity contribution >= 4 is 19.7 Å². The third-order valence-electron chi connectivity index (χ3n) is 13.8. The molecule has 446 valence electrons. The number of phosphoric ester groups is 1. The van der Waals surface area contributed by atoms with E-state index in [-0.39, 0.29) is 24.9 Å². The number of allylic oxidation sites excluding steroid dienone is 13. The normalized spacial score (nSPS) is 14.2. The number of hydrogen-bond acceptors (Lipinski definition) is 7. The molecule has 77 heavy (non-hydrogen) atoms. The summed E-state index contributed by atoms with van der Waals surface area (Å²) >= 11 is 0. The molecule has 0 spiro atoms. The average molecular weight is 1100 g/mol. The van der Waals surface area contributed by atoms with Gasteiger partial charge in [-0.2, -0.15) is 0 Å². The summed E-state index contributed by atoms with van der Waals surface area (Å²) in [6, 6.07) is -0.902. The highest BCUT2D eigenvalue weighted by atomic mass is 31.2. The summed E-state index contributed by atoms with van der Waals surface area (Å²) in [6.07, 6.45) is 74.0. The van der Waals surface area contributed by atoms with Gasteiger partial charge in [-0.15, -0.1) is 0 Å². The van der Waals surface area contributed by atoms with E-state index in [0.29, 0.717) is 23.9 Å². The van der Waals surface area contributed by atoms with Crippen molar-refractivity contribution in [1.82, 2.24) is 5.32 Å². The van der Waals surface area contributed by atoms with Gasteiger partial charge >= 0.3 is 5.97 Å². The van der Waals surface area contributed by atoms with Crippen molar-refractivity contribution in [2.24, 2.45) is 0 Å². The summed E-state index contributed by atoms with van der Waals surface area (Å²) in [4.78, 5) is 40.0. The van der Waals surface area contributed by atoms with Crippen LogP contribution in [0.1, 0.15) is 278 Å². The molecule has 0 saturated carbocycles. The second kappa shape index (κ2) is 56.5. The number of esters is 1. The number of nitrogens with zero attached hydrogens (tertiary/aromatic N) is 1. The highest BCUT2D eigenvalue weighted by molar-refractivity contribution is 7.45. The second-order valence-electron chi connectivity index (χ2n) is 22.6. The van der Waals surface area contributed by atoms with Crippen molar-refractivity contribution in [2.75, 3.05) is 40.9 Å². The lowest BCUT2D eigenvalue weighted by atomic mass is 10.0. The third-order valence-corrected chi connectivity index (χ3v) is 14.8. The molecule has 1 amide bonds. The van der Waals surface area contributed by atoms with E-state index in [1.807, 2.05) is 33.3 Å². The molecule has 3 atom stereocenters. The zero-order chi connectivity index (χ0) is 56.4. The summed E-state index contributed by atoms with van der Waals surface area (Å²) in [5.41, 5.74) is 0. The summed E-state index contributed by atoms with van der Waals surface area (Å²) in [6.45, 7) is 6.77. The number of rotatable bonds is 57. The molecule has 1 N–H and O–H groups in total. The van der Waals surface area contributed by atoms with Crippen LogP contribution >= 0.6 is 7.82 Å². The van der Waals surface area contributed by atoms with Crippen LogP contribution < -0.4 is 10.2 Å². The predicted octanol–water partition coefficient (Wildman–Crippen LogP) is 19.1. The fourth-order valence-electron chi connectivity index (χ4n) is 8.83. The minimum atomic E-state index is -4.71. The maximum atomic E-state index is 13.5. The van der Waals surface area contributed by atoms with Crippen molar-refractivity contribution in [1.29, 1.82) is 0 Å². The van der Waals surface area contributed by atoms with E-state index in [1.54, 1.807) is 0 Å². The van der Waals surface area contributed by atoms with E-state index in [0.717, 1.165) is 109 Å². The quantitative estimate of drug-likeness (QED) is 0.0212. The molecule has 3 unspecified atom stereocenters. The zero-order valence-electron chi connectivity index (χ0n) is 50.9. The first-order valence-electron chi connectivity index (χ1n) is 31.9. The molecule has 0 aliphatic heterocycles. The lowest BCUT2D eigenvalue weighted by Gasteiger charge is -2.30. The fraction of sp³-hybridized carbons (Fsp3) is 0.761. The van der Waals surface area contributed by atoms with Crippen LogP contribution in [0.5, 0.6) is 0 Å². The smallest absolute Gasteiger partial charge is 0.306 e. The molecule has 0 aliphatic carbocycles. The molecule has 0 aliphatic rings. The molecular weight excluding hydrogens is 976 g/mol. The minimum absolute atomic E-state index is 0.0297. The lowest BCUT2D eigenvalue weighted by Crippen LogP contribution is -2.47. The Morgan fingerprint density at radius 1 is 0.455 bits per heavy atom. The number of ether oxygens (including phenoxy) is 1. The molecule has 0 saturated heterocycles. The molecule has 0 radical (unpaired) electrons. The number of nitrogens with one attached hydrogen (secondary N) is 1. The minimum Gasteiger partial charge on any atom is -0.756 e. The van der Waals surface area contributed by atoms with Crippen LogP contribution in [0, 0.1) is 0 Å². The summed E-state index contributed by atoms with van der Waals surface area (Å²) in [5.74, 6) is -0.567. The second-order valence-corrected chi connectivity index (χ2v) is 24.0. The number of likely N-dealkylation sites (N-methyl/N-ethyl adjacent to an activating group) is 1. The molecule has 9 nitrogen and oxygen atoms in total. The summed E-state index contributed by atoms with van der Waals surface area (Å²) in [7, 11) is 1.16. The molecule has 10 heteroatoms. The summed E-state index contributed by atoms with van der Waals surface area (Å²) in [5, 5.41) is 3.02. The average Bonchev–Trinajstić information content (AvgIpc) is 3.39. The van der Waals surface area contributed by atoms with Gasteiger partial charge in [0.2, 0.25) is 5.91 Å². The predicted molar refractivity (Wildman–Crippen MR) is 330 cm³/mol. The molecule has 0 heterocycles. The molecule has 0 fully saturated rings. The van der Waals surface area contributed by atoms with Crippen LogP contribution in [0.15, 0.2) is 85.1 Å². The highest BCUT2D eigenvalue weighted by Gasteiger charge is 2.27. The monoisotopic (exact) mass is 1100 g/mol.